The molecule has 1 aromatic heterocycles. The first-order valence-corrected chi connectivity index (χ1v) is 7.06. The molecule has 0 saturated carbocycles. The molecule has 4 nitrogen and oxygen atoms in total. The van der Waals surface area contributed by atoms with Crippen molar-refractivity contribution in [3.8, 4) is 22.4 Å². The summed E-state index contributed by atoms with van der Waals surface area (Å²) in [5.41, 5.74) is 3.26. The van der Waals surface area contributed by atoms with Gasteiger partial charge in [-0.05, 0) is 17.7 Å². The van der Waals surface area contributed by atoms with Crippen LogP contribution in [0.5, 0.6) is 0 Å². The standard InChI is InChI=1S/C17H13ClN2O2/c1-22-17(21)20-16(13-8-5-9-14(18)10-13)15(11-19-20)12-6-3-2-4-7-12/h2-11H,1H3. The number of hydrogen-bond acceptors (Lipinski definition) is 3. The number of hydrogen-bond donors (Lipinski definition) is 0. The molecule has 3 rings (SSSR count). The molecule has 0 aliphatic heterocycles. The highest BCUT2D eigenvalue weighted by Crippen LogP contribution is 2.33. The molecule has 110 valence electrons. The molecule has 0 spiro atoms. The van der Waals surface area contributed by atoms with Gasteiger partial charge >= 0.3 is 6.09 Å². The van der Waals surface area contributed by atoms with Crippen LogP contribution in [0, 0.1) is 0 Å². The molecule has 22 heavy (non-hydrogen) atoms. The summed E-state index contributed by atoms with van der Waals surface area (Å²) in [5, 5.41) is 4.76. The van der Waals surface area contributed by atoms with E-state index in [1.165, 1.54) is 11.8 Å². The van der Waals surface area contributed by atoms with Crippen LogP contribution in [0.3, 0.4) is 0 Å². The van der Waals surface area contributed by atoms with Gasteiger partial charge in [0.05, 0.1) is 19.0 Å². The molecule has 0 fully saturated rings. The molecule has 3 aromatic rings. The first kappa shape index (κ1) is 14.4. The zero-order valence-corrected chi connectivity index (χ0v) is 12.6. The summed E-state index contributed by atoms with van der Waals surface area (Å²) in [6, 6.07) is 17.0. The molecule has 5 heteroatoms. The van der Waals surface area contributed by atoms with Crippen LogP contribution in [-0.2, 0) is 4.74 Å². The number of carbonyl (C=O) groups is 1. The fourth-order valence-corrected chi connectivity index (χ4v) is 2.51. The molecule has 2 aromatic carbocycles. The van der Waals surface area contributed by atoms with Gasteiger partial charge in [0.1, 0.15) is 0 Å². The van der Waals surface area contributed by atoms with Gasteiger partial charge in [-0.3, -0.25) is 0 Å². The fraction of sp³-hybridized carbons (Fsp3) is 0.0588. The number of aromatic nitrogens is 2. The zero-order valence-electron chi connectivity index (χ0n) is 11.9. The third-order valence-corrected chi connectivity index (χ3v) is 3.53. The summed E-state index contributed by atoms with van der Waals surface area (Å²) in [6.45, 7) is 0. The third kappa shape index (κ3) is 2.61. The molecule has 0 bridgehead atoms. The molecule has 0 atom stereocenters. The summed E-state index contributed by atoms with van der Waals surface area (Å²) >= 11 is 6.08. The highest BCUT2D eigenvalue weighted by Gasteiger charge is 2.19. The predicted molar refractivity (Wildman–Crippen MR) is 85.9 cm³/mol. The van der Waals surface area contributed by atoms with Crippen LogP contribution in [0.4, 0.5) is 4.79 Å². The number of rotatable bonds is 2. The summed E-state index contributed by atoms with van der Waals surface area (Å²) in [7, 11) is 1.33. The number of methoxy groups -OCH3 is 1. The Labute approximate surface area is 132 Å². The lowest BCUT2D eigenvalue weighted by molar-refractivity contribution is 0.169. The van der Waals surface area contributed by atoms with Gasteiger partial charge in [0.2, 0.25) is 0 Å². The van der Waals surface area contributed by atoms with E-state index in [9.17, 15) is 4.79 Å². The molecule has 0 N–H and O–H groups in total. The van der Waals surface area contributed by atoms with Gasteiger partial charge in [-0.2, -0.15) is 9.78 Å². The zero-order chi connectivity index (χ0) is 15.5. The van der Waals surface area contributed by atoms with Crippen LogP contribution < -0.4 is 0 Å². The van der Waals surface area contributed by atoms with Gasteiger partial charge in [0, 0.05) is 16.1 Å². The van der Waals surface area contributed by atoms with Crippen LogP contribution in [0.15, 0.2) is 60.8 Å². The van der Waals surface area contributed by atoms with Crippen molar-refractivity contribution >= 4 is 17.7 Å². The Balaban J connectivity index is 2.24. The topological polar surface area (TPSA) is 44.1 Å². The average Bonchev–Trinajstić information content (AvgIpc) is 3.00. The van der Waals surface area contributed by atoms with Gasteiger partial charge in [-0.1, -0.05) is 54.1 Å². The predicted octanol–water partition coefficient (Wildman–Crippen LogP) is 4.49. The first-order valence-electron chi connectivity index (χ1n) is 6.68. The van der Waals surface area contributed by atoms with Crippen molar-refractivity contribution in [3.05, 3.63) is 65.8 Å². The molecule has 1 heterocycles. The van der Waals surface area contributed by atoms with Crippen LogP contribution >= 0.6 is 11.6 Å². The summed E-state index contributed by atoms with van der Waals surface area (Å²) in [6.07, 6.45) is 1.11. The Kier molecular flexibility index (Phi) is 3.94. The summed E-state index contributed by atoms with van der Waals surface area (Å²) < 4.78 is 6.05. The van der Waals surface area contributed by atoms with Gasteiger partial charge < -0.3 is 4.74 Å². The largest absolute Gasteiger partial charge is 0.451 e. The maximum atomic E-state index is 12.0. The van der Waals surface area contributed by atoms with Crippen molar-refractivity contribution in [2.75, 3.05) is 7.11 Å². The molecule has 0 aliphatic rings. The molecule has 0 amide bonds. The first-order chi connectivity index (χ1) is 10.7. The van der Waals surface area contributed by atoms with Gasteiger partial charge in [-0.25, -0.2) is 4.79 Å². The normalized spacial score (nSPS) is 10.5. The Morgan fingerprint density at radius 1 is 1.09 bits per heavy atom. The van der Waals surface area contributed by atoms with E-state index in [0.717, 1.165) is 16.7 Å². The minimum absolute atomic E-state index is 0.544. The lowest BCUT2D eigenvalue weighted by atomic mass is 10.0. The molecular weight excluding hydrogens is 300 g/mol. The van der Waals surface area contributed by atoms with Crippen molar-refractivity contribution in [3.63, 3.8) is 0 Å². The number of benzene rings is 2. The van der Waals surface area contributed by atoms with Crippen LogP contribution in [0.1, 0.15) is 0 Å². The third-order valence-electron chi connectivity index (χ3n) is 3.30. The van der Waals surface area contributed by atoms with Crippen molar-refractivity contribution < 1.29 is 9.53 Å². The molecule has 0 radical (unpaired) electrons. The Morgan fingerprint density at radius 3 is 2.50 bits per heavy atom. The van der Waals surface area contributed by atoms with E-state index in [1.807, 2.05) is 42.5 Å². The van der Waals surface area contributed by atoms with Crippen LogP contribution in [-0.4, -0.2) is 23.0 Å². The maximum Gasteiger partial charge on any atom is 0.434 e. The average molecular weight is 313 g/mol. The second-order valence-corrected chi connectivity index (χ2v) is 5.10. The monoisotopic (exact) mass is 312 g/mol. The van der Waals surface area contributed by atoms with Crippen molar-refractivity contribution in [1.82, 2.24) is 9.78 Å². The van der Waals surface area contributed by atoms with Crippen LogP contribution in [0.25, 0.3) is 22.4 Å². The number of ether oxygens (including phenoxy) is 1. The molecular formula is C17H13ClN2O2. The van der Waals surface area contributed by atoms with Crippen molar-refractivity contribution in [2.45, 2.75) is 0 Å². The Bertz CT molecular complexity index is 813. The van der Waals surface area contributed by atoms with E-state index in [4.69, 9.17) is 16.3 Å². The summed E-state index contributed by atoms with van der Waals surface area (Å²) in [5.74, 6) is 0. The van der Waals surface area contributed by atoms with E-state index in [2.05, 4.69) is 5.10 Å². The van der Waals surface area contributed by atoms with Crippen molar-refractivity contribution in [1.29, 1.82) is 0 Å². The number of halogens is 1. The molecule has 0 aliphatic carbocycles. The quantitative estimate of drug-likeness (QED) is 0.700. The number of carbonyl (C=O) groups excluding carboxylic acids is 1. The number of nitrogens with zero attached hydrogens (tertiary/aromatic N) is 2. The Hall–Kier alpha value is -2.59. The van der Waals surface area contributed by atoms with E-state index >= 15 is 0 Å². The molecule has 0 unspecified atom stereocenters. The van der Waals surface area contributed by atoms with E-state index < -0.39 is 6.09 Å². The minimum atomic E-state index is -0.544. The minimum Gasteiger partial charge on any atom is -0.451 e. The summed E-state index contributed by atoms with van der Waals surface area (Å²) in [4.78, 5) is 12.0. The van der Waals surface area contributed by atoms with Crippen LogP contribution in [0.2, 0.25) is 5.02 Å². The highest BCUT2D eigenvalue weighted by atomic mass is 35.5. The lowest BCUT2D eigenvalue weighted by Gasteiger charge is -2.08. The van der Waals surface area contributed by atoms with Gasteiger partial charge in [-0.15, -0.1) is 0 Å². The van der Waals surface area contributed by atoms with E-state index in [0.29, 0.717) is 10.7 Å². The SMILES string of the molecule is COC(=O)n1ncc(-c2ccccc2)c1-c1cccc(Cl)c1. The van der Waals surface area contributed by atoms with E-state index in [-0.39, 0.29) is 0 Å². The van der Waals surface area contributed by atoms with Gasteiger partial charge in [0.15, 0.2) is 0 Å². The van der Waals surface area contributed by atoms with Crippen molar-refractivity contribution in [2.24, 2.45) is 0 Å². The highest BCUT2D eigenvalue weighted by molar-refractivity contribution is 6.30. The second kappa shape index (κ2) is 6.03. The maximum absolute atomic E-state index is 12.0. The molecule has 0 saturated heterocycles. The second-order valence-electron chi connectivity index (χ2n) is 4.67. The van der Waals surface area contributed by atoms with E-state index in [1.54, 1.807) is 18.3 Å². The smallest absolute Gasteiger partial charge is 0.434 e. The Morgan fingerprint density at radius 2 is 1.82 bits per heavy atom. The lowest BCUT2D eigenvalue weighted by Crippen LogP contribution is -2.14. The fourth-order valence-electron chi connectivity index (χ4n) is 2.32. The van der Waals surface area contributed by atoms with Gasteiger partial charge in [0.25, 0.3) is 0 Å².